The van der Waals surface area contributed by atoms with Crippen LogP contribution in [0.4, 0.5) is 65.9 Å². The molecule has 33 heavy (non-hydrogen) atoms. The van der Waals surface area contributed by atoms with Crippen LogP contribution in [0.25, 0.3) is 0 Å². The summed E-state index contributed by atoms with van der Waals surface area (Å²) in [6, 6.07) is 0. The maximum absolute atomic E-state index is 13.4. The average Bonchev–Trinajstić information content (AvgIpc) is 2.56. The molecule has 0 aliphatic rings. The Hall–Kier alpha value is -2.37. The molecule has 0 aromatic heterocycles. The molecular formula is C14H9F15O4. The van der Waals surface area contributed by atoms with Crippen molar-refractivity contribution in [1.82, 2.24) is 0 Å². The minimum Gasteiger partial charge on any atom is -0.462 e. The van der Waals surface area contributed by atoms with E-state index in [9.17, 15) is 75.4 Å². The Morgan fingerprint density at radius 1 is 0.697 bits per heavy atom. The van der Waals surface area contributed by atoms with Crippen molar-refractivity contribution in [3.63, 3.8) is 0 Å². The summed E-state index contributed by atoms with van der Waals surface area (Å²) in [7, 11) is 0. The van der Waals surface area contributed by atoms with E-state index < -0.39 is 72.4 Å². The van der Waals surface area contributed by atoms with E-state index in [4.69, 9.17) is 0 Å². The van der Waals surface area contributed by atoms with Gasteiger partial charge in [-0.05, 0) is 6.92 Å². The number of carbonyl (C=O) groups excluding carboxylic acids is 2. The SMILES string of the molecule is C=C(C)C(=O)OCCC(OC(=O)C(F)(F)C(F)(F)C(F)(F)C(F)(F)F)(C(F)(F)F)C(F)(F)F. The van der Waals surface area contributed by atoms with Crippen molar-refractivity contribution < 1.29 is 84.9 Å². The zero-order valence-electron chi connectivity index (χ0n) is 15.4. The zero-order chi connectivity index (χ0) is 27.1. The molecule has 0 bridgehead atoms. The van der Waals surface area contributed by atoms with Crippen LogP contribution in [0, 0.1) is 0 Å². The molecule has 0 spiro atoms. The van der Waals surface area contributed by atoms with Gasteiger partial charge in [0.05, 0.1) is 6.61 Å². The molecule has 0 heterocycles. The van der Waals surface area contributed by atoms with Crippen LogP contribution in [0.3, 0.4) is 0 Å². The quantitative estimate of drug-likeness (QED) is 0.243. The van der Waals surface area contributed by atoms with E-state index in [0.29, 0.717) is 0 Å². The summed E-state index contributed by atoms with van der Waals surface area (Å²) in [5, 5.41) is 0. The van der Waals surface area contributed by atoms with Gasteiger partial charge >= 0.3 is 53.8 Å². The molecule has 0 aromatic rings. The van der Waals surface area contributed by atoms with Crippen molar-refractivity contribution in [3.8, 4) is 0 Å². The number of hydrogen-bond acceptors (Lipinski definition) is 4. The van der Waals surface area contributed by atoms with Crippen LogP contribution in [0.5, 0.6) is 0 Å². The lowest BCUT2D eigenvalue weighted by molar-refractivity contribution is -0.402. The highest BCUT2D eigenvalue weighted by molar-refractivity contribution is 5.86. The van der Waals surface area contributed by atoms with E-state index in [0.717, 1.165) is 6.92 Å². The molecule has 0 rings (SSSR count). The molecule has 0 fully saturated rings. The van der Waals surface area contributed by atoms with Gasteiger partial charge in [-0.25, -0.2) is 9.59 Å². The molecule has 0 aliphatic heterocycles. The van der Waals surface area contributed by atoms with E-state index >= 15 is 0 Å². The normalized spacial score (nSPS) is 14.7. The molecular weight excluding hydrogens is 517 g/mol. The summed E-state index contributed by atoms with van der Waals surface area (Å²) < 4.78 is 200. The number of hydrogen-bond donors (Lipinski definition) is 0. The molecule has 0 aliphatic carbocycles. The number of ether oxygens (including phenoxy) is 2. The lowest BCUT2D eigenvalue weighted by Gasteiger charge is -2.38. The minimum absolute atomic E-state index is 0.614. The van der Waals surface area contributed by atoms with Crippen LogP contribution in [0.2, 0.25) is 0 Å². The smallest absolute Gasteiger partial charge is 0.460 e. The molecule has 0 unspecified atom stereocenters. The van der Waals surface area contributed by atoms with Crippen molar-refractivity contribution >= 4 is 11.9 Å². The maximum Gasteiger partial charge on any atom is 0.460 e. The second kappa shape index (κ2) is 8.77. The fourth-order valence-corrected chi connectivity index (χ4v) is 1.75. The lowest BCUT2D eigenvalue weighted by atomic mass is 9.97. The summed E-state index contributed by atoms with van der Waals surface area (Å²) in [6.07, 6.45) is -24.4. The Balaban J connectivity index is 6.43. The topological polar surface area (TPSA) is 52.6 Å². The van der Waals surface area contributed by atoms with Gasteiger partial charge in [0.15, 0.2) is 0 Å². The third-order valence-electron chi connectivity index (χ3n) is 3.62. The van der Waals surface area contributed by atoms with E-state index in [1.165, 1.54) is 0 Å². The fraction of sp³-hybridized carbons (Fsp3) is 0.714. The molecule has 0 saturated heterocycles. The summed E-state index contributed by atoms with van der Waals surface area (Å²) in [5.74, 6) is -29.6. The molecule has 0 atom stereocenters. The molecule has 19 heteroatoms. The molecule has 194 valence electrons. The van der Waals surface area contributed by atoms with Gasteiger partial charge in [-0.1, -0.05) is 6.58 Å². The first-order chi connectivity index (χ1) is 14.2. The van der Waals surface area contributed by atoms with Crippen molar-refractivity contribution in [2.24, 2.45) is 0 Å². The predicted molar refractivity (Wildman–Crippen MR) is 72.2 cm³/mol. The van der Waals surface area contributed by atoms with Gasteiger partial charge in [0.25, 0.3) is 0 Å². The highest BCUT2D eigenvalue weighted by Gasteiger charge is 2.85. The largest absolute Gasteiger partial charge is 0.462 e. The Labute approximate surface area is 172 Å². The van der Waals surface area contributed by atoms with Crippen LogP contribution >= 0.6 is 0 Å². The third-order valence-corrected chi connectivity index (χ3v) is 3.62. The standard InChI is InChI=1S/C14H9F15O4/c1-5(2)6(30)32-4-3-8(12(21,22)23,13(24,25)26)33-7(31)9(15,16)10(17,18)11(19,20)14(27,28)29/h1,3-4H2,2H3. The van der Waals surface area contributed by atoms with Crippen molar-refractivity contribution in [3.05, 3.63) is 12.2 Å². The number of alkyl halides is 15. The lowest BCUT2D eigenvalue weighted by Crippen LogP contribution is -2.67. The van der Waals surface area contributed by atoms with Gasteiger partial charge in [-0.15, -0.1) is 0 Å². The minimum atomic E-state index is -7.90. The van der Waals surface area contributed by atoms with E-state index in [1.807, 2.05) is 0 Å². The molecule has 4 nitrogen and oxygen atoms in total. The third kappa shape index (κ3) is 5.42. The summed E-state index contributed by atoms with van der Waals surface area (Å²) in [4.78, 5) is 22.2. The summed E-state index contributed by atoms with van der Waals surface area (Å²) in [5.41, 5.74) is -6.81. The number of esters is 2. The van der Waals surface area contributed by atoms with Gasteiger partial charge in [-0.3, -0.25) is 0 Å². The van der Waals surface area contributed by atoms with Crippen LogP contribution in [0.15, 0.2) is 12.2 Å². The number of halogens is 15. The van der Waals surface area contributed by atoms with E-state index in [1.54, 1.807) is 0 Å². The highest BCUT2D eigenvalue weighted by atomic mass is 19.4. The predicted octanol–water partition coefficient (Wildman–Crippen LogP) is 5.37. The van der Waals surface area contributed by atoms with Crippen molar-refractivity contribution in [1.29, 1.82) is 0 Å². The molecule has 0 N–H and O–H groups in total. The van der Waals surface area contributed by atoms with Gasteiger partial charge in [0.1, 0.15) is 0 Å². The summed E-state index contributed by atoms with van der Waals surface area (Å²) >= 11 is 0. The van der Waals surface area contributed by atoms with Gasteiger partial charge in [-0.2, -0.15) is 65.9 Å². The van der Waals surface area contributed by atoms with Crippen molar-refractivity contribution in [2.45, 2.75) is 55.2 Å². The van der Waals surface area contributed by atoms with Crippen LogP contribution < -0.4 is 0 Å². The van der Waals surface area contributed by atoms with Gasteiger partial charge < -0.3 is 9.47 Å². The Bertz CT molecular complexity index is 746. The summed E-state index contributed by atoms with van der Waals surface area (Å²) in [6.45, 7) is 1.67. The average molecular weight is 526 g/mol. The molecule has 0 amide bonds. The second-order valence-electron chi connectivity index (χ2n) is 6.10. The maximum atomic E-state index is 13.4. The van der Waals surface area contributed by atoms with Gasteiger partial charge in [0, 0.05) is 12.0 Å². The Kier molecular flexibility index (Phi) is 8.14. The monoisotopic (exact) mass is 526 g/mol. The number of rotatable bonds is 8. The van der Waals surface area contributed by atoms with Crippen molar-refractivity contribution in [2.75, 3.05) is 6.61 Å². The second-order valence-corrected chi connectivity index (χ2v) is 6.10. The molecule has 0 radical (unpaired) electrons. The molecule has 0 saturated carbocycles. The first-order valence-corrected chi connectivity index (χ1v) is 7.60. The van der Waals surface area contributed by atoms with Crippen LogP contribution in [0.1, 0.15) is 13.3 Å². The van der Waals surface area contributed by atoms with Crippen LogP contribution in [-0.4, -0.2) is 60.4 Å². The Morgan fingerprint density at radius 3 is 1.39 bits per heavy atom. The zero-order valence-corrected chi connectivity index (χ0v) is 15.4. The van der Waals surface area contributed by atoms with Gasteiger partial charge in [0.2, 0.25) is 0 Å². The number of carbonyl (C=O) groups is 2. The Morgan fingerprint density at radius 2 is 1.09 bits per heavy atom. The van der Waals surface area contributed by atoms with Crippen LogP contribution in [-0.2, 0) is 19.1 Å². The first-order valence-electron chi connectivity index (χ1n) is 7.60. The van der Waals surface area contributed by atoms with E-state index in [-0.39, 0.29) is 0 Å². The highest BCUT2D eigenvalue weighted by Crippen LogP contribution is 2.55. The molecule has 0 aromatic carbocycles. The first kappa shape index (κ1) is 30.6. The fourth-order valence-electron chi connectivity index (χ4n) is 1.75. The van der Waals surface area contributed by atoms with E-state index in [2.05, 4.69) is 16.1 Å².